The Balaban J connectivity index is 2.06. The van der Waals surface area contributed by atoms with Crippen LogP contribution in [-0.4, -0.2) is 27.5 Å². The van der Waals surface area contributed by atoms with Crippen molar-refractivity contribution in [3.63, 3.8) is 0 Å². The van der Waals surface area contributed by atoms with Crippen LogP contribution in [0.2, 0.25) is 0 Å². The number of anilines is 1. The van der Waals surface area contributed by atoms with E-state index in [1.165, 1.54) is 16.6 Å². The van der Waals surface area contributed by atoms with Gasteiger partial charge in [-0.25, -0.2) is 0 Å². The van der Waals surface area contributed by atoms with Crippen LogP contribution in [0.3, 0.4) is 0 Å². The van der Waals surface area contributed by atoms with Crippen molar-refractivity contribution < 1.29 is 14.2 Å². The number of benzene rings is 3. The summed E-state index contributed by atoms with van der Waals surface area (Å²) in [5.74, 6) is 2.61. The normalized spacial score (nSPS) is 15.5. The van der Waals surface area contributed by atoms with Crippen LogP contribution in [0.15, 0.2) is 30.3 Å². The SMILES string of the molecule is COc1cccc2c1cc1c3c(cc4c(c32)OCO4)CCN1C. The molecule has 0 aliphatic carbocycles. The lowest BCUT2D eigenvalue weighted by Crippen LogP contribution is -2.24. The van der Waals surface area contributed by atoms with Crippen molar-refractivity contribution in [3.8, 4) is 17.2 Å². The number of rotatable bonds is 1. The van der Waals surface area contributed by atoms with Gasteiger partial charge >= 0.3 is 0 Å². The van der Waals surface area contributed by atoms with Crippen molar-refractivity contribution in [3.05, 3.63) is 35.9 Å². The van der Waals surface area contributed by atoms with Crippen molar-refractivity contribution in [2.24, 2.45) is 0 Å². The van der Waals surface area contributed by atoms with Gasteiger partial charge in [0.2, 0.25) is 6.79 Å². The molecule has 3 aromatic carbocycles. The minimum atomic E-state index is 0.291. The van der Waals surface area contributed by atoms with E-state index in [1.54, 1.807) is 7.11 Å². The Labute approximate surface area is 134 Å². The van der Waals surface area contributed by atoms with Crippen LogP contribution in [0.4, 0.5) is 5.69 Å². The highest BCUT2D eigenvalue weighted by atomic mass is 16.7. The number of methoxy groups -OCH3 is 1. The first-order valence-electron chi connectivity index (χ1n) is 7.84. The van der Waals surface area contributed by atoms with E-state index in [1.807, 2.05) is 12.1 Å². The highest BCUT2D eigenvalue weighted by molar-refractivity contribution is 6.19. The maximum absolute atomic E-state index is 5.83. The van der Waals surface area contributed by atoms with Crippen LogP contribution in [0.1, 0.15) is 5.56 Å². The minimum Gasteiger partial charge on any atom is -0.496 e. The van der Waals surface area contributed by atoms with E-state index < -0.39 is 0 Å². The third-order valence-corrected chi connectivity index (χ3v) is 4.97. The zero-order chi connectivity index (χ0) is 15.6. The van der Waals surface area contributed by atoms with Gasteiger partial charge in [0.25, 0.3) is 0 Å². The fourth-order valence-electron chi connectivity index (χ4n) is 3.85. The van der Waals surface area contributed by atoms with Gasteiger partial charge in [0.15, 0.2) is 11.5 Å². The van der Waals surface area contributed by atoms with Crippen LogP contribution >= 0.6 is 0 Å². The molecule has 0 amide bonds. The Morgan fingerprint density at radius 2 is 2.00 bits per heavy atom. The maximum atomic E-state index is 5.83. The van der Waals surface area contributed by atoms with Gasteiger partial charge in [0, 0.05) is 35.4 Å². The third kappa shape index (κ3) is 1.61. The van der Waals surface area contributed by atoms with Gasteiger partial charge in [-0.3, -0.25) is 0 Å². The molecule has 23 heavy (non-hydrogen) atoms. The first-order valence-corrected chi connectivity index (χ1v) is 7.84. The Morgan fingerprint density at radius 3 is 2.87 bits per heavy atom. The number of ether oxygens (including phenoxy) is 3. The summed E-state index contributed by atoms with van der Waals surface area (Å²) in [5, 5.41) is 4.69. The van der Waals surface area contributed by atoms with Gasteiger partial charge in [-0.05, 0) is 35.6 Å². The summed E-state index contributed by atoms with van der Waals surface area (Å²) in [6, 6.07) is 10.6. The molecule has 0 fully saturated rings. The summed E-state index contributed by atoms with van der Waals surface area (Å²) < 4.78 is 17.1. The topological polar surface area (TPSA) is 30.9 Å². The molecule has 0 bridgehead atoms. The fourth-order valence-corrected chi connectivity index (χ4v) is 3.85. The zero-order valence-corrected chi connectivity index (χ0v) is 13.2. The summed E-state index contributed by atoms with van der Waals surface area (Å²) in [4.78, 5) is 2.31. The molecule has 2 aliphatic heterocycles. The lowest BCUT2D eigenvalue weighted by molar-refractivity contribution is 0.175. The van der Waals surface area contributed by atoms with Gasteiger partial charge in [-0.2, -0.15) is 0 Å². The van der Waals surface area contributed by atoms with E-state index in [4.69, 9.17) is 14.2 Å². The van der Waals surface area contributed by atoms with Gasteiger partial charge in [0.05, 0.1) is 7.11 Å². The highest BCUT2D eigenvalue weighted by Crippen LogP contribution is 2.50. The Bertz CT molecular complexity index is 964. The van der Waals surface area contributed by atoms with E-state index in [0.717, 1.165) is 46.4 Å². The summed E-state index contributed by atoms with van der Waals surface area (Å²) >= 11 is 0. The van der Waals surface area contributed by atoms with E-state index in [-0.39, 0.29) is 0 Å². The molecule has 0 unspecified atom stereocenters. The standard InChI is InChI=1S/C19H17NO3/c1-20-7-6-11-8-16-19(23-10-22-16)18-12-4-3-5-15(21-2)13(12)9-14(20)17(11)18/h3-5,8-9H,6-7,10H2,1-2H3. The number of hydrogen-bond donors (Lipinski definition) is 0. The highest BCUT2D eigenvalue weighted by Gasteiger charge is 2.27. The van der Waals surface area contributed by atoms with E-state index in [2.05, 4.69) is 30.1 Å². The molecule has 0 aromatic heterocycles. The number of hydrogen-bond acceptors (Lipinski definition) is 4. The predicted molar refractivity (Wildman–Crippen MR) is 91.1 cm³/mol. The minimum absolute atomic E-state index is 0.291. The predicted octanol–water partition coefficient (Wildman–Crippen LogP) is 3.72. The average molecular weight is 307 g/mol. The molecule has 2 heterocycles. The summed E-state index contributed by atoms with van der Waals surface area (Å²) in [6.07, 6.45) is 1.02. The van der Waals surface area contributed by atoms with E-state index >= 15 is 0 Å². The molecule has 4 heteroatoms. The molecule has 2 aliphatic rings. The van der Waals surface area contributed by atoms with Gasteiger partial charge in [-0.15, -0.1) is 0 Å². The quantitative estimate of drug-likeness (QED) is 0.641. The summed E-state index contributed by atoms with van der Waals surface area (Å²) in [6.45, 7) is 1.29. The monoisotopic (exact) mass is 307 g/mol. The number of likely N-dealkylation sites (N-methyl/N-ethyl adjacent to an activating group) is 1. The second-order valence-corrected chi connectivity index (χ2v) is 6.14. The van der Waals surface area contributed by atoms with Gasteiger partial charge in [0.1, 0.15) is 5.75 Å². The first kappa shape index (κ1) is 12.9. The van der Waals surface area contributed by atoms with Crippen molar-refractivity contribution >= 4 is 27.2 Å². The van der Waals surface area contributed by atoms with Crippen LogP contribution in [0.25, 0.3) is 21.5 Å². The smallest absolute Gasteiger partial charge is 0.231 e. The van der Waals surface area contributed by atoms with Crippen molar-refractivity contribution in [2.75, 3.05) is 32.4 Å². The average Bonchev–Trinajstić information content (AvgIpc) is 3.05. The Kier molecular flexibility index (Phi) is 2.49. The number of fused-ring (bicyclic) bond motifs is 4. The Morgan fingerprint density at radius 1 is 1.09 bits per heavy atom. The van der Waals surface area contributed by atoms with Crippen LogP contribution < -0.4 is 19.1 Å². The molecule has 116 valence electrons. The van der Waals surface area contributed by atoms with Crippen LogP contribution in [-0.2, 0) is 6.42 Å². The second-order valence-electron chi connectivity index (χ2n) is 6.14. The van der Waals surface area contributed by atoms with Crippen molar-refractivity contribution in [2.45, 2.75) is 6.42 Å². The van der Waals surface area contributed by atoms with Crippen LogP contribution in [0.5, 0.6) is 17.2 Å². The molecule has 4 nitrogen and oxygen atoms in total. The largest absolute Gasteiger partial charge is 0.496 e. The molecule has 0 radical (unpaired) electrons. The molecule has 0 N–H and O–H groups in total. The Hall–Kier alpha value is -2.62. The molecule has 0 atom stereocenters. The van der Waals surface area contributed by atoms with Crippen molar-refractivity contribution in [1.82, 2.24) is 0 Å². The summed E-state index contributed by atoms with van der Waals surface area (Å²) in [5.41, 5.74) is 2.57. The molecule has 0 saturated carbocycles. The lowest BCUT2D eigenvalue weighted by Gasteiger charge is -2.29. The molecule has 3 aromatic rings. The zero-order valence-electron chi connectivity index (χ0n) is 13.2. The second kappa shape index (κ2) is 4.44. The molecular weight excluding hydrogens is 290 g/mol. The first-order chi connectivity index (χ1) is 11.3. The van der Waals surface area contributed by atoms with Gasteiger partial charge < -0.3 is 19.1 Å². The number of nitrogens with zero attached hydrogens (tertiary/aromatic N) is 1. The molecule has 0 spiro atoms. The summed E-state index contributed by atoms with van der Waals surface area (Å²) in [7, 11) is 3.86. The fraction of sp³-hybridized carbons (Fsp3) is 0.263. The molecule has 5 rings (SSSR count). The molecular formula is C19H17NO3. The third-order valence-electron chi connectivity index (χ3n) is 4.97. The van der Waals surface area contributed by atoms with E-state index in [9.17, 15) is 0 Å². The maximum Gasteiger partial charge on any atom is 0.231 e. The van der Waals surface area contributed by atoms with Crippen molar-refractivity contribution in [1.29, 1.82) is 0 Å². The lowest BCUT2D eigenvalue weighted by atomic mass is 9.91. The van der Waals surface area contributed by atoms with Crippen LogP contribution in [0, 0.1) is 0 Å². The van der Waals surface area contributed by atoms with Gasteiger partial charge in [-0.1, -0.05) is 12.1 Å². The van der Waals surface area contributed by atoms with E-state index in [0.29, 0.717) is 6.79 Å². The molecule has 0 saturated heterocycles.